The van der Waals surface area contributed by atoms with Crippen LogP contribution in [0.1, 0.15) is 18.4 Å². The topological polar surface area (TPSA) is 95.6 Å². The van der Waals surface area contributed by atoms with Crippen LogP contribution in [-0.2, 0) is 26.8 Å². The van der Waals surface area contributed by atoms with E-state index in [0.717, 1.165) is 18.4 Å². The normalized spacial score (nSPS) is 20.5. The number of nitrogens with zero attached hydrogens (tertiary/aromatic N) is 1. The second-order valence-electron chi connectivity index (χ2n) is 5.79. The smallest absolute Gasteiger partial charge is 0.213 e. The highest BCUT2D eigenvalue weighted by Crippen LogP contribution is 2.18. The van der Waals surface area contributed by atoms with E-state index in [9.17, 15) is 16.8 Å². The molecule has 0 aromatic heterocycles. The van der Waals surface area contributed by atoms with Gasteiger partial charge in [0, 0.05) is 26.2 Å². The van der Waals surface area contributed by atoms with Crippen LogP contribution in [0.3, 0.4) is 0 Å². The first kappa shape index (κ1) is 18.3. The molecule has 0 amide bonds. The lowest BCUT2D eigenvalue weighted by Crippen LogP contribution is -2.45. The first-order valence-corrected chi connectivity index (χ1v) is 10.8. The summed E-state index contributed by atoms with van der Waals surface area (Å²) < 4.78 is 53.5. The molecule has 2 rings (SSSR count). The summed E-state index contributed by atoms with van der Waals surface area (Å²) in [5.41, 5.74) is 0.874. The molecule has 7 nitrogen and oxygen atoms in total. The zero-order valence-corrected chi connectivity index (χ0v) is 14.7. The van der Waals surface area contributed by atoms with E-state index < -0.39 is 20.2 Å². The van der Waals surface area contributed by atoms with Gasteiger partial charge in [-0.05, 0) is 24.3 Å². The Labute approximate surface area is 138 Å². The summed E-state index contributed by atoms with van der Waals surface area (Å²) >= 11 is 0. The number of benzene rings is 1. The van der Waals surface area contributed by atoms with Crippen molar-refractivity contribution in [1.29, 1.82) is 0 Å². The van der Waals surface area contributed by atoms with E-state index in [4.69, 9.17) is 0 Å². The fraction of sp³-hybridized carbons (Fsp3) is 0.571. The minimum absolute atomic E-state index is 0.00762. The lowest BCUT2D eigenvalue weighted by Gasteiger charge is -2.30. The molecule has 1 aliphatic rings. The molecule has 23 heavy (non-hydrogen) atoms. The lowest BCUT2D eigenvalue weighted by molar-refractivity contribution is 0.268. The summed E-state index contributed by atoms with van der Waals surface area (Å²) in [5.74, 6) is -0.00762. The number of rotatable bonds is 7. The van der Waals surface area contributed by atoms with Gasteiger partial charge in [0.05, 0.1) is 6.26 Å². The highest BCUT2D eigenvalue weighted by molar-refractivity contribution is 7.88. The van der Waals surface area contributed by atoms with Gasteiger partial charge in [-0.2, -0.15) is 13.1 Å². The van der Waals surface area contributed by atoms with Crippen LogP contribution in [0.15, 0.2) is 30.3 Å². The van der Waals surface area contributed by atoms with Crippen LogP contribution in [0, 0.1) is 5.92 Å². The fourth-order valence-corrected chi connectivity index (χ4v) is 4.40. The average Bonchev–Trinajstić information content (AvgIpc) is 2.52. The third-order valence-corrected chi connectivity index (χ3v) is 6.16. The van der Waals surface area contributed by atoms with E-state index in [-0.39, 0.29) is 19.0 Å². The predicted octanol–water partition coefficient (Wildman–Crippen LogP) is 0.282. The van der Waals surface area contributed by atoms with Gasteiger partial charge in [0.15, 0.2) is 0 Å². The molecule has 0 aliphatic carbocycles. The van der Waals surface area contributed by atoms with Crippen LogP contribution in [0.5, 0.6) is 0 Å². The molecule has 0 saturated carbocycles. The van der Waals surface area contributed by atoms with Gasteiger partial charge < -0.3 is 0 Å². The third-order valence-electron chi connectivity index (χ3n) is 3.82. The van der Waals surface area contributed by atoms with E-state index in [1.54, 1.807) is 0 Å². The minimum atomic E-state index is -3.60. The third kappa shape index (κ3) is 6.19. The van der Waals surface area contributed by atoms with Crippen molar-refractivity contribution in [3.05, 3.63) is 35.9 Å². The van der Waals surface area contributed by atoms with Gasteiger partial charge in [-0.3, -0.25) is 0 Å². The Bertz CT molecular complexity index is 705. The van der Waals surface area contributed by atoms with Crippen molar-refractivity contribution >= 4 is 20.2 Å². The number of nitrogens with one attached hydrogen (secondary N) is 2. The van der Waals surface area contributed by atoms with E-state index in [1.165, 1.54) is 10.6 Å². The maximum atomic E-state index is 12.0. The van der Waals surface area contributed by atoms with Crippen LogP contribution >= 0.6 is 0 Å². The minimum Gasteiger partial charge on any atom is -0.213 e. The molecule has 9 heteroatoms. The standard InChI is InChI=1S/C14H23N3O4S2/c1-22(18,19)17-9-5-8-14(12-17)11-16-23(20,21)15-10-13-6-3-2-4-7-13/h2-4,6-7,14-16H,5,8-12H2,1H3/t14-/m1/s1. The van der Waals surface area contributed by atoms with Gasteiger partial charge in [-0.25, -0.2) is 17.4 Å². The van der Waals surface area contributed by atoms with Gasteiger partial charge in [-0.1, -0.05) is 30.3 Å². The SMILES string of the molecule is CS(=O)(=O)N1CCC[C@H](CNS(=O)(=O)NCc2ccccc2)C1. The Hall–Kier alpha value is -1.00. The molecule has 1 fully saturated rings. The summed E-state index contributed by atoms with van der Waals surface area (Å²) in [4.78, 5) is 0. The zero-order chi connectivity index (χ0) is 16.9. The van der Waals surface area contributed by atoms with Crippen molar-refractivity contribution in [2.75, 3.05) is 25.9 Å². The van der Waals surface area contributed by atoms with Crippen molar-refractivity contribution in [2.24, 2.45) is 5.92 Å². The number of hydrogen-bond donors (Lipinski definition) is 2. The molecule has 1 atom stereocenters. The Morgan fingerprint density at radius 2 is 1.83 bits per heavy atom. The van der Waals surface area contributed by atoms with Crippen molar-refractivity contribution < 1.29 is 16.8 Å². The quantitative estimate of drug-likeness (QED) is 0.729. The van der Waals surface area contributed by atoms with Gasteiger partial charge in [0.1, 0.15) is 0 Å². The molecule has 2 N–H and O–H groups in total. The van der Waals surface area contributed by atoms with Gasteiger partial charge in [-0.15, -0.1) is 0 Å². The van der Waals surface area contributed by atoms with Gasteiger partial charge >= 0.3 is 0 Å². The molecular formula is C14H23N3O4S2. The first-order valence-electron chi connectivity index (χ1n) is 7.49. The summed E-state index contributed by atoms with van der Waals surface area (Å²) in [6, 6.07) is 9.24. The van der Waals surface area contributed by atoms with Crippen molar-refractivity contribution in [3.63, 3.8) is 0 Å². The number of sulfonamides is 1. The average molecular weight is 361 g/mol. The lowest BCUT2D eigenvalue weighted by atomic mass is 10.0. The Balaban J connectivity index is 1.82. The van der Waals surface area contributed by atoms with Gasteiger partial charge in [0.2, 0.25) is 10.0 Å². The molecule has 0 radical (unpaired) electrons. The summed E-state index contributed by atoms with van der Waals surface area (Å²) in [6.07, 6.45) is 2.74. The van der Waals surface area contributed by atoms with E-state index in [0.29, 0.717) is 13.1 Å². The van der Waals surface area contributed by atoms with Crippen LogP contribution in [0.4, 0.5) is 0 Å². The Morgan fingerprint density at radius 1 is 1.13 bits per heavy atom. The van der Waals surface area contributed by atoms with Crippen molar-refractivity contribution in [1.82, 2.24) is 13.7 Å². The predicted molar refractivity (Wildman–Crippen MR) is 89.3 cm³/mol. The Morgan fingerprint density at radius 3 is 2.48 bits per heavy atom. The van der Waals surface area contributed by atoms with Crippen molar-refractivity contribution in [3.8, 4) is 0 Å². The summed E-state index contributed by atoms with van der Waals surface area (Å²) in [7, 11) is -6.82. The molecule has 130 valence electrons. The highest BCUT2D eigenvalue weighted by atomic mass is 32.2. The molecule has 1 heterocycles. The molecule has 1 aromatic rings. The Kier molecular flexibility index (Phi) is 6.15. The first-order chi connectivity index (χ1) is 10.8. The van der Waals surface area contributed by atoms with Crippen LogP contribution in [0.25, 0.3) is 0 Å². The molecule has 0 bridgehead atoms. The van der Waals surface area contributed by atoms with Crippen molar-refractivity contribution in [2.45, 2.75) is 19.4 Å². The van der Waals surface area contributed by atoms with Gasteiger partial charge in [0.25, 0.3) is 10.2 Å². The second-order valence-corrected chi connectivity index (χ2v) is 9.35. The molecule has 0 unspecified atom stereocenters. The largest absolute Gasteiger partial charge is 0.277 e. The van der Waals surface area contributed by atoms with E-state index in [1.807, 2.05) is 30.3 Å². The van der Waals surface area contributed by atoms with Crippen LogP contribution < -0.4 is 9.44 Å². The van der Waals surface area contributed by atoms with Crippen LogP contribution in [0.2, 0.25) is 0 Å². The van der Waals surface area contributed by atoms with E-state index >= 15 is 0 Å². The summed E-state index contributed by atoms with van der Waals surface area (Å²) in [5, 5.41) is 0. The summed E-state index contributed by atoms with van der Waals surface area (Å²) in [6.45, 7) is 1.32. The van der Waals surface area contributed by atoms with E-state index in [2.05, 4.69) is 9.44 Å². The molecule has 1 aromatic carbocycles. The number of hydrogen-bond acceptors (Lipinski definition) is 4. The highest BCUT2D eigenvalue weighted by Gasteiger charge is 2.26. The molecular weight excluding hydrogens is 338 g/mol. The fourth-order valence-electron chi connectivity index (χ4n) is 2.55. The molecule has 1 saturated heterocycles. The maximum Gasteiger partial charge on any atom is 0.277 e. The second kappa shape index (κ2) is 7.71. The zero-order valence-electron chi connectivity index (χ0n) is 13.1. The number of piperidine rings is 1. The molecule has 1 aliphatic heterocycles. The van der Waals surface area contributed by atoms with Crippen LogP contribution in [-0.4, -0.2) is 47.0 Å². The maximum absolute atomic E-state index is 12.0. The molecule has 0 spiro atoms. The monoisotopic (exact) mass is 361 g/mol.